The van der Waals surface area contributed by atoms with Crippen LogP contribution in [0.15, 0.2) is 12.1 Å². The number of aliphatic carboxylic acids is 1. The molecule has 0 aliphatic carbocycles. The molecule has 1 aromatic heterocycles. The molecule has 0 bridgehead atoms. The van der Waals surface area contributed by atoms with Crippen LogP contribution >= 0.6 is 0 Å². The van der Waals surface area contributed by atoms with Gasteiger partial charge in [0.15, 0.2) is 5.82 Å². The Bertz CT molecular complexity index is 406. The minimum absolute atomic E-state index is 0.278. The lowest BCUT2D eigenvalue weighted by molar-refractivity contribution is -0.142. The quantitative estimate of drug-likeness (QED) is 0.718. The SMILES string of the molecule is Cc1ccc(N2CCC(N)(C(=O)O)C2)nn1. The van der Waals surface area contributed by atoms with Crippen LogP contribution in [-0.2, 0) is 4.79 Å². The van der Waals surface area contributed by atoms with Gasteiger partial charge in [-0.3, -0.25) is 4.79 Å². The molecule has 6 nitrogen and oxygen atoms in total. The Labute approximate surface area is 93.1 Å². The Kier molecular flexibility index (Phi) is 2.51. The van der Waals surface area contributed by atoms with Crippen molar-refractivity contribution in [3.63, 3.8) is 0 Å². The summed E-state index contributed by atoms with van der Waals surface area (Å²) in [5, 5.41) is 16.9. The first-order valence-corrected chi connectivity index (χ1v) is 5.09. The normalized spacial score (nSPS) is 24.8. The van der Waals surface area contributed by atoms with Gasteiger partial charge < -0.3 is 15.7 Å². The third-order valence-corrected chi connectivity index (χ3v) is 2.83. The second kappa shape index (κ2) is 3.71. The van der Waals surface area contributed by atoms with Gasteiger partial charge in [0.25, 0.3) is 0 Å². The van der Waals surface area contributed by atoms with E-state index in [1.807, 2.05) is 24.0 Å². The first-order chi connectivity index (χ1) is 7.51. The Hall–Kier alpha value is -1.69. The third kappa shape index (κ3) is 1.83. The lowest BCUT2D eigenvalue weighted by Crippen LogP contribution is -2.50. The number of anilines is 1. The van der Waals surface area contributed by atoms with E-state index in [0.717, 1.165) is 5.69 Å². The molecule has 1 unspecified atom stereocenters. The van der Waals surface area contributed by atoms with E-state index in [9.17, 15) is 4.79 Å². The molecule has 86 valence electrons. The molecule has 1 aliphatic heterocycles. The number of carboxylic acids is 1. The highest BCUT2D eigenvalue weighted by Crippen LogP contribution is 2.23. The van der Waals surface area contributed by atoms with Crippen LogP contribution in [0.2, 0.25) is 0 Å². The van der Waals surface area contributed by atoms with Crippen LogP contribution in [0.4, 0.5) is 5.82 Å². The zero-order valence-electron chi connectivity index (χ0n) is 9.05. The van der Waals surface area contributed by atoms with E-state index >= 15 is 0 Å². The number of hydrogen-bond donors (Lipinski definition) is 2. The summed E-state index contributed by atoms with van der Waals surface area (Å²) in [7, 11) is 0. The smallest absolute Gasteiger partial charge is 0.325 e. The van der Waals surface area contributed by atoms with Crippen LogP contribution in [0.5, 0.6) is 0 Å². The number of hydrogen-bond acceptors (Lipinski definition) is 5. The predicted octanol–water partition coefficient (Wildman–Crippen LogP) is -0.223. The molecule has 0 aromatic carbocycles. The number of nitrogens with zero attached hydrogens (tertiary/aromatic N) is 3. The molecule has 0 radical (unpaired) electrons. The molecule has 2 heterocycles. The van der Waals surface area contributed by atoms with Gasteiger partial charge in [-0.2, -0.15) is 5.10 Å². The summed E-state index contributed by atoms with van der Waals surface area (Å²) in [6.07, 6.45) is 0.428. The average molecular weight is 222 g/mol. The van der Waals surface area contributed by atoms with Crippen LogP contribution < -0.4 is 10.6 Å². The number of aryl methyl sites for hydroxylation is 1. The minimum Gasteiger partial charge on any atom is -0.480 e. The summed E-state index contributed by atoms with van der Waals surface area (Å²) < 4.78 is 0. The molecule has 0 saturated carbocycles. The molecule has 0 amide bonds. The van der Waals surface area contributed by atoms with E-state index in [1.54, 1.807) is 0 Å². The Morgan fingerprint density at radius 2 is 2.31 bits per heavy atom. The number of aromatic nitrogens is 2. The first kappa shape index (κ1) is 10.8. The van der Waals surface area contributed by atoms with E-state index in [2.05, 4.69) is 10.2 Å². The van der Waals surface area contributed by atoms with Crippen molar-refractivity contribution in [3.8, 4) is 0 Å². The maximum atomic E-state index is 11.0. The van der Waals surface area contributed by atoms with Gasteiger partial charge in [-0.25, -0.2) is 0 Å². The minimum atomic E-state index is -1.16. The van der Waals surface area contributed by atoms with E-state index in [4.69, 9.17) is 10.8 Å². The summed E-state index contributed by atoms with van der Waals surface area (Å²) in [5.41, 5.74) is 5.44. The lowest BCUT2D eigenvalue weighted by atomic mass is 10.0. The summed E-state index contributed by atoms with van der Waals surface area (Å²) in [5.74, 6) is -0.283. The van der Waals surface area contributed by atoms with E-state index in [-0.39, 0.29) is 6.54 Å². The Balaban J connectivity index is 2.15. The second-order valence-electron chi connectivity index (χ2n) is 4.17. The van der Waals surface area contributed by atoms with Crippen molar-refractivity contribution >= 4 is 11.8 Å². The summed E-state index contributed by atoms with van der Waals surface area (Å²) in [4.78, 5) is 12.8. The average Bonchev–Trinajstić information content (AvgIpc) is 2.63. The largest absolute Gasteiger partial charge is 0.480 e. The van der Waals surface area contributed by atoms with E-state index in [1.165, 1.54) is 0 Å². The molecule has 6 heteroatoms. The summed E-state index contributed by atoms with van der Waals surface area (Å²) >= 11 is 0. The van der Waals surface area contributed by atoms with Gasteiger partial charge in [0.2, 0.25) is 0 Å². The van der Waals surface area contributed by atoms with Crippen molar-refractivity contribution in [1.29, 1.82) is 0 Å². The zero-order chi connectivity index (χ0) is 11.8. The number of nitrogens with two attached hydrogens (primary N) is 1. The van der Waals surface area contributed by atoms with Gasteiger partial charge >= 0.3 is 5.97 Å². The van der Waals surface area contributed by atoms with Crippen LogP contribution in [0.25, 0.3) is 0 Å². The van der Waals surface area contributed by atoms with Crippen LogP contribution in [0.1, 0.15) is 12.1 Å². The molecule has 3 N–H and O–H groups in total. The molecule has 1 saturated heterocycles. The van der Waals surface area contributed by atoms with E-state index in [0.29, 0.717) is 18.8 Å². The summed E-state index contributed by atoms with van der Waals surface area (Å²) in [6.45, 7) is 2.73. The van der Waals surface area contributed by atoms with Crippen LogP contribution in [0, 0.1) is 6.92 Å². The third-order valence-electron chi connectivity index (χ3n) is 2.83. The molecule has 16 heavy (non-hydrogen) atoms. The van der Waals surface area contributed by atoms with Crippen molar-refractivity contribution in [2.24, 2.45) is 5.73 Å². The molecule has 1 aliphatic rings. The number of carbonyl (C=O) groups is 1. The Morgan fingerprint density at radius 1 is 1.56 bits per heavy atom. The van der Waals surface area contributed by atoms with Crippen molar-refractivity contribution in [2.45, 2.75) is 18.9 Å². The van der Waals surface area contributed by atoms with Crippen molar-refractivity contribution < 1.29 is 9.90 Å². The first-order valence-electron chi connectivity index (χ1n) is 5.09. The number of rotatable bonds is 2. The highest BCUT2D eigenvalue weighted by molar-refractivity contribution is 5.80. The van der Waals surface area contributed by atoms with Gasteiger partial charge in [0.1, 0.15) is 5.54 Å². The number of carboxylic acid groups (broad SMARTS) is 1. The second-order valence-corrected chi connectivity index (χ2v) is 4.17. The highest BCUT2D eigenvalue weighted by atomic mass is 16.4. The lowest BCUT2D eigenvalue weighted by Gasteiger charge is -2.20. The molecule has 1 aromatic rings. The summed E-state index contributed by atoms with van der Waals surface area (Å²) in [6, 6.07) is 3.68. The van der Waals surface area contributed by atoms with Gasteiger partial charge in [-0.05, 0) is 25.5 Å². The Morgan fingerprint density at radius 3 is 2.81 bits per heavy atom. The van der Waals surface area contributed by atoms with Crippen molar-refractivity contribution in [1.82, 2.24) is 10.2 Å². The van der Waals surface area contributed by atoms with Gasteiger partial charge in [-0.15, -0.1) is 5.10 Å². The fraction of sp³-hybridized carbons (Fsp3) is 0.500. The molecule has 2 rings (SSSR count). The van der Waals surface area contributed by atoms with Gasteiger partial charge in [0, 0.05) is 13.1 Å². The monoisotopic (exact) mass is 222 g/mol. The maximum Gasteiger partial charge on any atom is 0.325 e. The molecular weight excluding hydrogens is 208 g/mol. The topological polar surface area (TPSA) is 92.3 Å². The fourth-order valence-corrected chi connectivity index (χ4v) is 1.76. The van der Waals surface area contributed by atoms with Gasteiger partial charge in [-0.1, -0.05) is 0 Å². The molecule has 1 atom stereocenters. The maximum absolute atomic E-state index is 11.0. The van der Waals surface area contributed by atoms with Gasteiger partial charge in [0.05, 0.1) is 5.69 Å². The van der Waals surface area contributed by atoms with Crippen LogP contribution in [0.3, 0.4) is 0 Å². The van der Waals surface area contributed by atoms with Crippen LogP contribution in [-0.4, -0.2) is 39.9 Å². The predicted molar refractivity (Wildman–Crippen MR) is 58.2 cm³/mol. The van der Waals surface area contributed by atoms with Crippen molar-refractivity contribution in [3.05, 3.63) is 17.8 Å². The standard InChI is InChI=1S/C10H14N4O2/c1-7-2-3-8(13-12-7)14-5-4-10(11,6-14)9(15)16/h2-3H,4-6,11H2,1H3,(H,15,16). The molecule has 0 spiro atoms. The highest BCUT2D eigenvalue weighted by Gasteiger charge is 2.41. The van der Waals surface area contributed by atoms with Crippen molar-refractivity contribution in [2.75, 3.05) is 18.0 Å². The fourth-order valence-electron chi connectivity index (χ4n) is 1.76. The van der Waals surface area contributed by atoms with E-state index < -0.39 is 11.5 Å². The molecular formula is C10H14N4O2. The molecule has 1 fully saturated rings. The zero-order valence-corrected chi connectivity index (χ0v) is 9.05.